The molecule has 0 aliphatic carbocycles. The lowest BCUT2D eigenvalue weighted by atomic mass is 10.2. The lowest BCUT2D eigenvalue weighted by Crippen LogP contribution is -2.01. The van der Waals surface area contributed by atoms with Crippen molar-refractivity contribution < 1.29 is 0 Å². The van der Waals surface area contributed by atoms with Gasteiger partial charge in [-0.3, -0.25) is 9.55 Å². The number of hydrogen-bond donors (Lipinski definition) is 0. The highest BCUT2D eigenvalue weighted by atomic mass is 35.5. The Morgan fingerprint density at radius 2 is 1.74 bits per heavy atom. The van der Waals surface area contributed by atoms with Gasteiger partial charge < -0.3 is 4.57 Å². The first-order valence-electron chi connectivity index (χ1n) is 8.04. The van der Waals surface area contributed by atoms with Crippen molar-refractivity contribution in [2.75, 3.05) is 0 Å². The molecule has 6 nitrogen and oxygen atoms in total. The van der Waals surface area contributed by atoms with Crippen LogP contribution in [0.3, 0.4) is 0 Å². The Morgan fingerprint density at radius 3 is 2.41 bits per heavy atom. The van der Waals surface area contributed by atoms with Gasteiger partial charge in [0.05, 0.1) is 11.9 Å². The van der Waals surface area contributed by atoms with Crippen molar-refractivity contribution in [3.63, 3.8) is 0 Å². The van der Waals surface area contributed by atoms with Crippen LogP contribution < -0.4 is 0 Å². The molecular formula is C18H14Cl2N6S. The topological polar surface area (TPSA) is 61.4 Å². The molecule has 0 radical (unpaired) electrons. The van der Waals surface area contributed by atoms with Crippen LogP contribution in [0.2, 0.25) is 10.2 Å². The molecule has 0 aliphatic heterocycles. The normalized spacial score (nSPS) is 11.1. The maximum Gasteiger partial charge on any atom is 0.196 e. The Labute approximate surface area is 170 Å². The van der Waals surface area contributed by atoms with Crippen LogP contribution in [0.15, 0.2) is 60.1 Å². The quantitative estimate of drug-likeness (QED) is 0.442. The second-order valence-corrected chi connectivity index (χ2v) is 7.46. The number of hydrogen-bond acceptors (Lipinski definition) is 5. The Kier molecular flexibility index (Phi) is 5.15. The largest absolute Gasteiger partial charge is 0.322 e. The van der Waals surface area contributed by atoms with Gasteiger partial charge >= 0.3 is 0 Å². The molecule has 27 heavy (non-hydrogen) atoms. The maximum absolute atomic E-state index is 6.08. The average Bonchev–Trinajstić information content (AvgIpc) is 3.25. The van der Waals surface area contributed by atoms with E-state index in [1.807, 2.05) is 52.6 Å². The zero-order valence-corrected chi connectivity index (χ0v) is 16.6. The molecule has 0 aliphatic rings. The molecule has 3 heterocycles. The number of pyridine rings is 1. The molecule has 4 aromatic rings. The Bertz CT molecular complexity index is 1060. The van der Waals surface area contributed by atoms with Crippen LogP contribution in [-0.4, -0.2) is 29.3 Å². The molecule has 0 saturated carbocycles. The minimum absolute atomic E-state index is 0.599. The van der Waals surface area contributed by atoms with Crippen LogP contribution in [0, 0.1) is 0 Å². The van der Waals surface area contributed by atoms with Crippen LogP contribution in [0.25, 0.3) is 17.1 Å². The monoisotopic (exact) mass is 416 g/mol. The summed E-state index contributed by atoms with van der Waals surface area (Å²) in [5.74, 6) is 2.21. The van der Waals surface area contributed by atoms with E-state index in [1.54, 1.807) is 30.4 Å². The fraction of sp³-hybridized carbons (Fsp3) is 0.111. The molecule has 0 bridgehead atoms. The van der Waals surface area contributed by atoms with E-state index >= 15 is 0 Å². The summed E-state index contributed by atoms with van der Waals surface area (Å²) in [7, 11) is 1.89. The Hall–Kier alpha value is -2.35. The first kappa shape index (κ1) is 18.0. The van der Waals surface area contributed by atoms with Gasteiger partial charge in [0.15, 0.2) is 11.0 Å². The number of benzene rings is 1. The van der Waals surface area contributed by atoms with Crippen molar-refractivity contribution >= 4 is 35.0 Å². The van der Waals surface area contributed by atoms with Gasteiger partial charge in [-0.25, -0.2) is 4.98 Å². The molecule has 0 atom stereocenters. The molecule has 136 valence electrons. The molecule has 1 aromatic carbocycles. The van der Waals surface area contributed by atoms with Crippen molar-refractivity contribution in [3.8, 4) is 17.1 Å². The van der Waals surface area contributed by atoms with E-state index in [0.29, 0.717) is 15.9 Å². The van der Waals surface area contributed by atoms with E-state index in [9.17, 15) is 0 Å². The standard InChI is InChI=1S/C18H14Cl2N6S/c1-25-15(20)10-22-16(25)11-27-18-24-23-17(12-6-8-21-9-7-12)26(18)14-4-2-13(19)3-5-14/h2-10H,11H2,1H3. The summed E-state index contributed by atoms with van der Waals surface area (Å²) >= 11 is 13.7. The number of nitrogens with zero attached hydrogens (tertiary/aromatic N) is 6. The van der Waals surface area contributed by atoms with Gasteiger partial charge in [-0.15, -0.1) is 10.2 Å². The van der Waals surface area contributed by atoms with Crippen molar-refractivity contribution in [2.45, 2.75) is 10.9 Å². The van der Waals surface area contributed by atoms with Crippen LogP contribution in [0.1, 0.15) is 5.82 Å². The van der Waals surface area contributed by atoms with Gasteiger partial charge in [-0.05, 0) is 36.4 Å². The molecule has 0 unspecified atom stereocenters. The molecule has 0 fully saturated rings. The van der Waals surface area contributed by atoms with E-state index in [1.165, 1.54) is 0 Å². The average molecular weight is 417 g/mol. The van der Waals surface area contributed by atoms with E-state index in [-0.39, 0.29) is 0 Å². The molecular weight excluding hydrogens is 403 g/mol. The summed E-state index contributed by atoms with van der Waals surface area (Å²) in [6, 6.07) is 11.4. The molecule has 3 aromatic heterocycles. The van der Waals surface area contributed by atoms with Crippen LogP contribution in [0.4, 0.5) is 0 Å². The second-order valence-electron chi connectivity index (χ2n) is 5.70. The molecule has 4 rings (SSSR count). The third-order valence-corrected chi connectivity index (χ3v) is 5.54. The fourth-order valence-electron chi connectivity index (χ4n) is 2.56. The number of aromatic nitrogens is 6. The molecule has 0 amide bonds. The number of rotatable bonds is 5. The van der Waals surface area contributed by atoms with Crippen molar-refractivity contribution in [2.24, 2.45) is 7.05 Å². The molecule has 0 spiro atoms. The SMILES string of the molecule is Cn1c(Cl)cnc1CSc1nnc(-c2ccncc2)n1-c1ccc(Cl)cc1. The van der Waals surface area contributed by atoms with Crippen molar-refractivity contribution in [3.05, 3.63) is 71.0 Å². The van der Waals surface area contributed by atoms with Crippen LogP contribution in [-0.2, 0) is 12.8 Å². The lowest BCUT2D eigenvalue weighted by molar-refractivity contribution is 0.842. The van der Waals surface area contributed by atoms with Gasteiger partial charge in [0.2, 0.25) is 0 Å². The summed E-state index contributed by atoms with van der Waals surface area (Å²) < 4.78 is 3.85. The maximum atomic E-state index is 6.08. The Morgan fingerprint density at radius 1 is 1.00 bits per heavy atom. The number of thioether (sulfide) groups is 1. The van der Waals surface area contributed by atoms with Crippen molar-refractivity contribution in [1.29, 1.82) is 0 Å². The van der Waals surface area contributed by atoms with Gasteiger partial charge in [0.1, 0.15) is 11.0 Å². The van der Waals surface area contributed by atoms with Gasteiger partial charge in [0, 0.05) is 35.7 Å². The lowest BCUT2D eigenvalue weighted by Gasteiger charge is -2.10. The van der Waals surface area contributed by atoms with E-state index in [2.05, 4.69) is 20.2 Å². The highest BCUT2D eigenvalue weighted by molar-refractivity contribution is 7.98. The summed E-state index contributed by atoms with van der Waals surface area (Å²) in [5, 5.41) is 10.8. The second kappa shape index (κ2) is 7.72. The fourth-order valence-corrected chi connectivity index (χ4v) is 3.78. The zero-order chi connectivity index (χ0) is 18.8. The molecule has 9 heteroatoms. The predicted octanol–water partition coefficient (Wildman–Crippen LogP) is 4.66. The van der Waals surface area contributed by atoms with Gasteiger partial charge in [-0.2, -0.15) is 0 Å². The van der Waals surface area contributed by atoms with Crippen molar-refractivity contribution in [1.82, 2.24) is 29.3 Å². The highest BCUT2D eigenvalue weighted by Crippen LogP contribution is 2.30. The highest BCUT2D eigenvalue weighted by Gasteiger charge is 2.17. The van der Waals surface area contributed by atoms with Gasteiger partial charge in [-0.1, -0.05) is 35.0 Å². The predicted molar refractivity (Wildman–Crippen MR) is 107 cm³/mol. The first-order valence-corrected chi connectivity index (χ1v) is 9.78. The van der Waals surface area contributed by atoms with Gasteiger partial charge in [0.25, 0.3) is 0 Å². The number of halogens is 2. The smallest absolute Gasteiger partial charge is 0.196 e. The number of imidazole rings is 1. The minimum Gasteiger partial charge on any atom is -0.322 e. The third kappa shape index (κ3) is 3.71. The van der Waals surface area contributed by atoms with Crippen LogP contribution >= 0.6 is 35.0 Å². The van der Waals surface area contributed by atoms with E-state index in [4.69, 9.17) is 23.2 Å². The minimum atomic E-state index is 0.599. The zero-order valence-electron chi connectivity index (χ0n) is 14.3. The summed E-state index contributed by atoms with van der Waals surface area (Å²) in [6.45, 7) is 0. The summed E-state index contributed by atoms with van der Waals surface area (Å²) in [5.41, 5.74) is 1.86. The molecule has 0 saturated heterocycles. The summed E-state index contributed by atoms with van der Waals surface area (Å²) in [4.78, 5) is 8.41. The van der Waals surface area contributed by atoms with E-state index in [0.717, 1.165) is 28.1 Å². The van der Waals surface area contributed by atoms with Crippen LogP contribution in [0.5, 0.6) is 0 Å². The van der Waals surface area contributed by atoms with E-state index < -0.39 is 0 Å². The molecule has 0 N–H and O–H groups in total. The third-order valence-electron chi connectivity index (χ3n) is 4.01. The Balaban J connectivity index is 1.74. The first-order chi connectivity index (χ1) is 13.1. The summed E-state index contributed by atoms with van der Waals surface area (Å²) in [6.07, 6.45) is 5.11.